The van der Waals surface area contributed by atoms with E-state index in [1.54, 1.807) is 4.90 Å². The fourth-order valence-corrected chi connectivity index (χ4v) is 2.69. The molecule has 0 bridgehead atoms. The number of anilines is 1. The Morgan fingerprint density at radius 3 is 2.70 bits per heavy atom. The maximum absolute atomic E-state index is 12.3. The van der Waals surface area contributed by atoms with Gasteiger partial charge in [0.2, 0.25) is 5.91 Å². The highest BCUT2D eigenvalue weighted by Crippen LogP contribution is 2.27. The minimum absolute atomic E-state index is 0.146. The van der Waals surface area contributed by atoms with Crippen LogP contribution < -0.4 is 4.90 Å². The molecule has 3 heteroatoms. The highest BCUT2D eigenvalue weighted by molar-refractivity contribution is 6.08. The topological polar surface area (TPSA) is 37.4 Å². The van der Waals surface area contributed by atoms with Gasteiger partial charge in [0.1, 0.15) is 0 Å². The number of nitrogens with zero attached hydrogens (tertiary/aromatic N) is 1. The molecule has 0 spiro atoms. The second-order valence-corrected chi connectivity index (χ2v) is 5.40. The highest BCUT2D eigenvalue weighted by Gasteiger charge is 2.26. The van der Waals surface area contributed by atoms with Crippen LogP contribution in [0.3, 0.4) is 0 Å². The summed E-state index contributed by atoms with van der Waals surface area (Å²) in [6, 6.07) is 7.44. The van der Waals surface area contributed by atoms with E-state index in [-0.39, 0.29) is 11.7 Å². The van der Waals surface area contributed by atoms with Crippen molar-refractivity contribution in [3.63, 3.8) is 0 Å². The molecular formula is C17H23NO2. The molecule has 1 aromatic carbocycles. The van der Waals surface area contributed by atoms with Crippen molar-refractivity contribution in [1.82, 2.24) is 0 Å². The summed E-state index contributed by atoms with van der Waals surface area (Å²) in [5.41, 5.74) is 1.49. The molecule has 1 aliphatic heterocycles. The summed E-state index contributed by atoms with van der Waals surface area (Å²) < 4.78 is 0. The second-order valence-electron chi connectivity index (χ2n) is 5.40. The van der Waals surface area contributed by atoms with Crippen molar-refractivity contribution in [2.24, 2.45) is 0 Å². The second kappa shape index (κ2) is 7.22. The van der Waals surface area contributed by atoms with E-state index in [4.69, 9.17) is 0 Å². The Labute approximate surface area is 121 Å². The molecule has 0 fully saturated rings. The maximum Gasteiger partial charge on any atom is 0.227 e. The first-order valence-corrected chi connectivity index (χ1v) is 7.66. The normalized spacial score (nSPS) is 14.2. The van der Waals surface area contributed by atoms with Crippen LogP contribution in [0.15, 0.2) is 24.3 Å². The lowest BCUT2D eigenvalue weighted by Crippen LogP contribution is -2.37. The van der Waals surface area contributed by atoms with Gasteiger partial charge in [-0.1, -0.05) is 44.7 Å². The Bertz CT molecular complexity index is 482. The number of amides is 1. The van der Waals surface area contributed by atoms with E-state index in [1.807, 2.05) is 24.3 Å². The van der Waals surface area contributed by atoms with Crippen LogP contribution in [0.4, 0.5) is 5.69 Å². The Kier molecular flexibility index (Phi) is 5.33. The van der Waals surface area contributed by atoms with Crippen molar-refractivity contribution in [2.45, 2.75) is 51.9 Å². The summed E-state index contributed by atoms with van der Waals surface area (Å²) in [6.45, 7) is 2.72. The molecule has 1 amide bonds. The van der Waals surface area contributed by atoms with Crippen molar-refractivity contribution < 1.29 is 9.59 Å². The quantitative estimate of drug-likeness (QED) is 0.735. The SMILES string of the molecule is CCCCCCCC(=O)N1CCC(=O)c2ccccc21. The smallest absolute Gasteiger partial charge is 0.227 e. The van der Waals surface area contributed by atoms with E-state index in [9.17, 15) is 9.59 Å². The Morgan fingerprint density at radius 1 is 1.15 bits per heavy atom. The zero-order valence-electron chi connectivity index (χ0n) is 12.2. The number of carbonyl (C=O) groups excluding carboxylic acids is 2. The number of rotatable bonds is 6. The first-order valence-electron chi connectivity index (χ1n) is 7.66. The lowest BCUT2D eigenvalue weighted by molar-refractivity contribution is -0.118. The average molecular weight is 273 g/mol. The van der Waals surface area contributed by atoms with Crippen molar-refractivity contribution in [3.8, 4) is 0 Å². The fraction of sp³-hybridized carbons (Fsp3) is 0.529. The number of carbonyl (C=O) groups is 2. The standard InChI is InChI=1S/C17H23NO2/c1-2-3-4-5-6-11-17(20)18-13-12-16(19)14-9-7-8-10-15(14)18/h7-10H,2-6,11-13H2,1H3. The maximum atomic E-state index is 12.3. The van der Waals surface area contributed by atoms with Crippen LogP contribution in [0.2, 0.25) is 0 Å². The molecule has 20 heavy (non-hydrogen) atoms. The van der Waals surface area contributed by atoms with E-state index < -0.39 is 0 Å². The van der Waals surface area contributed by atoms with E-state index in [0.717, 1.165) is 18.5 Å². The molecule has 3 nitrogen and oxygen atoms in total. The van der Waals surface area contributed by atoms with Crippen molar-refractivity contribution >= 4 is 17.4 Å². The number of ketones is 1. The van der Waals surface area contributed by atoms with Crippen LogP contribution >= 0.6 is 0 Å². The third-order valence-electron chi connectivity index (χ3n) is 3.85. The van der Waals surface area contributed by atoms with Gasteiger partial charge in [-0.15, -0.1) is 0 Å². The predicted octanol–water partition coefficient (Wildman–Crippen LogP) is 3.97. The molecular weight excluding hydrogens is 250 g/mol. The average Bonchev–Trinajstić information content (AvgIpc) is 2.47. The Hall–Kier alpha value is -1.64. The van der Waals surface area contributed by atoms with Gasteiger partial charge in [-0.25, -0.2) is 0 Å². The number of hydrogen-bond donors (Lipinski definition) is 0. The van der Waals surface area contributed by atoms with Gasteiger partial charge in [0.15, 0.2) is 5.78 Å². The summed E-state index contributed by atoms with van der Waals surface area (Å²) in [7, 11) is 0. The molecule has 108 valence electrons. The number of Topliss-reactive ketones (excluding diaryl/α,β-unsaturated/α-hetero) is 1. The number of fused-ring (bicyclic) bond motifs is 1. The molecule has 0 radical (unpaired) electrons. The predicted molar refractivity (Wildman–Crippen MR) is 81.1 cm³/mol. The summed E-state index contributed by atoms with van der Waals surface area (Å²) in [5.74, 6) is 0.300. The number of benzene rings is 1. The largest absolute Gasteiger partial charge is 0.311 e. The molecule has 1 heterocycles. The zero-order chi connectivity index (χ0) is 14.4. The Balaban J connectivity index is 1.94. The van der Waals surface area contributed by atoms with Crippen LogP contribution in [-0.2, 0) is 4.79 Å². The molecule has 0 aliphatic carbocycles. The van der Waals surface area contributed by atoms with Gasteiger partial charge in [0, 0.05) is 24.9 Å². The van der Waals surface area contributed by atoms with Crippen LogP contribution in [-0.4, -0.2) is 18.2 Å². The number of hydrogen-bond acceptors (Lipinski definition) is 2. The lowest BCUT2D eigenvalue weighted by atomic mass is 10.00. The van der Waals surface area contributed by atoms with Crippen molar-refractivity contribution in [3.05, 3.63) is 29.8 Å². The molecule has 0 saturated carbocycles. The molecule has 0 saturated heterocycles. The van der Waals surface area contributed by atoms with Crippen LogP contribution in [0.5, 0.6) is 0 Å². The van der Waals surface area contributed by atoms with E-state index >= 15 is 0 Å². The summed E-state index contributed by atoms with van der Waals surface area (Å²) in [6.07, 6.45) is 6.77. The van der Waals surface area contributed by atoms with Gasteiger partial charge in [-0.05, 0) is 18.6 Å². The van der Waals surface area contributed by atoms with Gasteiger partial charge in [0.05, 0.1) is 5.69 Å². The van der Waals surface area contributed by atoms with E-state index in [0.29, 0.717) is 24.9 Å². The first-order chi connectivity index (χ1) is 9.74. The third kappa shape index (κ3) is 3.47. The molecule has 1 aliphatic rings. The van der Waals surface area contributed by atoms with Crippen LogP contribution in [0.1, 0.15) is 62.2 Å². The third-order valence-corrected chi connectivity index (χ3v) is 3.85. The summed E-state index contributed by atoms with van der Waals surface area (Å²) >= 11 is 0. The van der Waals surface area contributed by atoms with E-state index in [2.05, 4.69) is 6.92 Å². The number of unbranched alkanes of at least 4 members (excludes halogenated alkanes) is 4. The molecule has 0 aromatic heterocycles. The molecule has 0 N–H and O–H groups in total. The van der Waals surface area contributed by atoms with Crippen LogP contribution in [0.25, 0.3) is 0 Å². The zero-order valence-corrected chi connectivity index (χ0v) is 12.2. The highest BCUT2D eigenvalue weighted by atomic mass is 16.2. The minimum atomic E-state index is 0.146. The van der Waals surface area contributed by atoms with Gasteiger partial charge in [-0.3, -0.25) is 9.59 Å². The van der Waals surface area contributed by atoms with E-state index in [1.165, 1.54) is 19.3 Å². The summed E-state index contributed by atoms with van der Waals surface area (Å²) in [5, 5.41) is 0. The lowest BCUT2D eigenvalue weighted by Gasteiger charge is -2.28. The molecule has 2 rings (SSSR count). The molecule has 0 atom stereocenters. The minimum Gasteiger partial charge on any atom is -0.311 e. The van der Waals surface area contributed by atoms with Gasteiger partial charge in [0.25, 0.3) is 0 Å². The molecule has 1 aromatic rings. The van der Waals surface area contributed by atoms with Crippen LogP contribution in [0, 0.1) is 0 Å². The number of para-hydroxylation sites is 1. The molecule has 0 unspecified atom stereocenters. The first kappa shape index (κ1) is 14.8. The summed E-state index contributed by atoms with van der Waals surface area (Å²) in [4.78, 5) is 26.0. The fourth-order valence-electron chi connectivity index (χ4n) is 2.69. The van der Waals surface area contributed by atoms with Gasteiger partial charge in [-0.2, -0.15) is 0 Å². The van der Waals surface area contributed by atoms with Crippen molar-refractivity contribution in [1.29, 1.82) is 0 Å². The Morgan fingerprint density at radius 2 is 1.90 bits per heavy atom. The van der Waals surface area contributed by atoms with Gasteiger partial charge < -0.3 is 4.90 Å². The van der Waals surface area contributed by atoms with Crippen molar-refractivity contribution in [2.75, 3.05) is 11.4 Å². The van der Waals surface area contributed by atoms with Gasteiger partial charge >= 0.3 is 0 Å². The monoisotopic (exact) mass is 273 g/mol.